The SMILES string of the molecule is COC(=O)C1=C(C(=O)OC)N(c2ccc3nc(OC)ccc3c2)C(N)=C(C#N)C1c1ccccc1. The molecule has 3 aromatic rings. The highest BCUT2D eigenvalue weighted by atomic mass is 16.5. The summed E-state index contributed by atoms with van der Waals surface area (Å²) >= 11 is 0. The number of esters is 2. The number of hydrogen-bond acceptors (Lipinski definition) is 9. The van der Waals surface area contributed by atoms with Gasteiger partial charge in [-0.25, -0.2) is 14.6 Å². The monoisotopic (exact) mass is 470 g/mol. The van der Waals surface area contributed by atoms with Crippen LogP contribution in [0.5, 0.6) is 5.88 Å². The Labute approximate surface area is 201 Å². The van der Waals surface area contributed by atoms with Crippen LogP contribution in [0.2, 0.25) is 0 Å². The standard InChI is InChI=1S/C26H22N4O5/c1-33-20-12-9-16-13-17(10-11-19(16)29-20)30-23(26(32)35-3)22(25(31)34-2)21(18(14-27)24(30)28)15-7-5-4-6-8-15/h4-13,21H,28H2,1-3H3. The number of benzene rings is 2. The average molecular weight is 470 g/mol. The maximum absolute atomic E-state index is 13.1. The molecule has 0 spiro atoms. The number of hydrogen-bond donors (Lipinski definition) is 1. The Hall–Kier alpha value is -4.84. The second kappa shape index (κ2) is 9.57. The van der Waals surface area contributed by atoms with Gasteiger partial charge in [-0.3, -0.25) is 4.90 Å². The minimum absolute atomic E-state index is 0.00442. The fourth-order valence-corrected chi connectivity index (χ4v) is 4.13. The van der Waals surface area contributed by atoms with Gasteiger partial charge in [0.15, 0.2) is 0 Å². The summed E-state index contributed by atoms with van der Waals surface area (Å²) in [6.07, 6.45) is 0. The Morgan fingerprint density at radius 1 is 1.00 bits per heavy atom. The molecule has 1 aliphatic rings. The Bertz CT molecular complexity index is 1420. The molecule has 1 aliphatic heterocycles. The molecule has 176 valence electrons. The van der Waals surface area contributed by atoms with Crippen molar-refractivity contribution in [2.24, 2.45) is 5.73 Å². The summed E-state index contributed by atoms with van der Waals surface area (Å²) in [5.74, 6) is -2.07. The summed E-state index contributed by atoms with van der Waals surface area (Å²) < 4.78 is 15.3. The van der Waals surface area contributed by atoms with E-state index in [1.54, 1.807) is 60.7 Å². The van der Waals surface area contributed by atoms with E-state index in [4.69, 9.17) is 19.9 Å². The minimum Gasteiger partial charge on any atom is -0.481 e. The molecule has 9 heteroatoms. The molecule has 1 atom stereocenters. The summed E-state index contributed by atoms with van der Waals surface area (Å²) in [4.78, 5) is 32.0. The molecule has 4 rings (SSSR count). The molecule has 0 aliphatic carbocycles. The first-order valence-corrected chi connectivity index (χ1v) is 10.6. The summed E-state index contributed by atoms with van der Waals surface area (Å²) in [5.41, 5.74) is 8.11. The maximum Gasteiger partial charge on any atom is 0.355 e. The topological polar surface area (TPSA) is 128 Å². The van der Waals surface area contributed by atoms with Crippen LogP contribution in [0.1, 0.15) is 11.5 Å². The third-order valence-electron chi connectivity index (χ3n) is 5.72. The summed E-state index contributed by atoms with van der Waals surface area (Å²) in [6, 6.07) is 19.6. The van der Waals surface area contributed by atoms with E-state index < -0.39 is 17.9 Å². The molecule has 35 heavy (non-hydrogen) atoms. The van der Waals surface area contributed by atoms with E-state index >= 15 is 0 Å². The highest BCUT2D eigenvalue weighted by Gasteiger charge is 2.43. The third-order valence-corrected chi connectivity index (χ3v) is 5.72. The quantitative estimate of drug-likeness (QED) is 0.559. The maximum atomic E-state index is 13.1. The van der Waals surface area contributed by atoms with E-state index in [0.717, 1.165) is 5.39 Å². The van der Waals surface area contributed by atoms with Gasteiger partial charge in [-0.05, 0) is 29.8 Å². The van der Waals surface area contributed by atoms with Crippen molar-refractivity contribution in [2.75, 3.05) is 26.2 Å². The molecule has 2 heterocycles. The largest absolute Gasteiger partial charge is 0.481 e. The van der Waals surface area contributed by atoms with Gasteiger partial charge >= 0.3 is 11.9 Å². The van der Waals surface area contributed by atoms with Gasteiger partial charge in [-0.2, -0.15) is 5.26 Å². The lowest BCUT2D eigenvalue weighted by atomic mass is 9.81. The van der Waals surface area contributed by atoms with Crippen LogP contribution in [0.15, 0.2) is 83.3 Å². The number of nitriles is 1. The molecular weight excluding hydrogens is 448 g/mol. The van der Waals surface area contributed by atoms with Crippen molar-refractivity contribution in [3.63, 3.8) is 0 Å². The first-order valence-electron chi connectivity index (χ1n) is 10.6. The number of anilines is 1. The Kier molecular flexibility index (Phi) is 6.38. The number of rotatable bonds is 5. The molecule has 1 unspecified atom stereocenters. The van der Waals surface area contributed by atoms with Crippen molar-refractivity contribution in [1.82, 2.24) is 4.98 Å². The fourth-order valence-electron chi connectivity index (χ4n) is 4.13. The van der Waals surface area contributed by atoms with Gasteiger partial charge in [0.25, 0.3) is 0 Å². The van der Waals surface area contributed by atoms with E-state index in [1.807, 2.05) is 0 Å². The summed E-state index contributed by atoms with van der Waals surface area (Å²) in [7, 11) is 3.94. The molecule has 0 bridgehead atoms. The van der Waals surface area contributed by atoms with Crippen LogP contribution in [0.3, 0.4) is 0 Å². The lowest BCUT2D eigenvalue weighted by molar-refractivity contribution is -0.139. The van der Waals surface area contributed by atoms with Crippen molar-refractivity contribution >= 4 is 28.5 Å². The second-order valence-corrected chi connectivity index (χ2v) is 7.57. The number of methoxy groups -OCH3 is 3. The van der Waals surface area contributed by atoms with E-state index in [1.165, 1.54) is 26.2 Å². The number of carbonyl (C=O) groups excluding carboxylic acids is 2. The molecule has 1 aromatic heterocycles. The van der Waals surface area contributed by atoms with Crippen LogP contribution in [0, 0.1) is 11.3 Å². The van der Waals surface area contributed by atoms with Crippen LogP contribution in [0.4, 0.5) is 5.69 Å². The van der Waals surface area contributed by atoms with Crippen molar-refractivity contribution in [1.29, 1.82) is 5.26 Å². The first kappa shape index (κ1) is 23.3. The Morgan fingerprint density at radius 3 is 2.34 bits per heavy atom. The second-order valence-electron chi connectivity index (χ2n) is 7.57. The zero-order chi connectivity index (χ0) is 25.1. The minimum atomic E-state index is -0.926. The predicted molar refractivity (Wildman–Crippen MR) is 128 cm³/mol. The van der Waals surface area contributed by atoms with Crippen molar-refractivity contribution in [3.05, 3.63) is 88.9 Å². The molecule has 2 aromatic carbocycles. The number of pyridine rings is 1. The number of fused-ring (bicyclic) bond motifs is 1. The van der Waals surface area contributed by atoms with Crippen LogP contribution in [-0.4, -0.2) is 38.3 Å². The normalized spacial score (nSPS) is 15.6. The van der Waals surface area contributed by atoms with E-state index in [0.29, 0.717) is 22.6 Å². The van der Waals surface area contributed by atoms with Crippen LogP contribution < -0.4 is 15.4 Å². The smallest absolute Gasteiger partial charge is 0.355 e. The van der Waals surface area contributed by atoms with Crippen LogP contribution in [0.25, 0.3) is 10.9 Å². The molecule has 0 amide bonds. The lowest BCUT2D eigenvalue weighted by Crippen LogP contribution is -2.40. The number of allylic oxidation sites excluding steroid dienone is 1. The Morgan fingerprint density at radius 2 is 1.71 bits per heavy atom. The fraction of sp³-hybridized carbons (Fsp3) is 0.154. The molecule has 9 nitrogen and oxygen atoms in total. The average Bonchev–Trinajstić information content (AvgIpc) is 2.91. The molecule has 0 saturated carbocycles. The Balaban J connectivity index is 2.03. The van der Waals surface area contributed by atoms with Gasteiger partial charge in [0.1, 0.15) is 11.5 Å². The van der Waals surface area contributed by atoms with Gasteiger partial charge in [0.2, 0.25) is 5.88 Å². The van der Waals surface area contributed by atoms with Gasteiger partial charge in [-0.15, -0.1) is 0 Å². The first-order chi connectivity index (χ1) is 16.9. The molecule has 0 fully saturated rings. The number of carbonyl (C=O) groups is 2. The summed E-state index contributed by atoms with van der Waals surface area (Å²) in [5, 5.41) is 10.8. The van der Waals surface area contributed by atoms with Crippen molar-refractivity contribution in [3.8, 4) is 11.9 Å². The molecular formula is C26H22N4O5. The lowest BCUT2D eigenvalue weighted by Gasteiger charge is -2.36. The molecule has 2 N–H and O–H groups in total. The third kappa shape index (κ3) is 4.02. The predicted octanol–water partition coefficient (Wildman–Crippen LogP) is 3.14. The van der Waals surface area contributed by atoms with E-state index in [2.05, 4.69) is 11.1 Å². The van der Waals surface area contributed by atoms with Gasteiger partial charge in [0.05, 0.1) is 50.0 Å². The van der Waals surface area contributed by atoms with Crippen LogP contribution in [-0.2, 0) is 19.1 Å². The summed E-state index contributed by atoms with van der Waals surface area (Å²) in [6.45, 7) is 0. The highest BCUT2D eigenvalue weighted by Crippen LogP contribution is 2.43. The van der Waals surface area contributed by atoms with E-state index in [-0.39, 0.29) is 22.7 Å². The number of aromatic nitrogens is 1. The zero-order valence-electron chi connectivity index (χ0n) is 19.3. The number of ether oxygens (including phenoxy) is 3. The van der Waals surface area contributed by atoms with Gasteiger partial charge < -0.3 is 19.9 Å². The number of nitrogens with zero attached hydrogens (tertiary/aromatic N) is 3. The van der Waals surface area contributed by atoms with Gasteiger partial charge in [-0.1, -0.05) is 30.3 Å². The van der Waals surface area contributed by atoms with Crippen molar-refractivity contribution in [2.45, 2.75) is 5.92 Å². The van der Waals surface area contributed by atoms with E-state index in [9.17, 15) is 14.9 Å². The molecule has 0 saturated heterocycles. The molecule has 0 radical (unpaired) electrons. The number of nitrogens with two attached hydrogens (primary N) is 1. The zero-order valence-corrected chi connectivity index (χ0v) is 19.3. The van der Waals surface area contributed by atoms with Gasteiger partial charge in [0, 0.05) is 17.1 Å². The highest BCUT2D eigenvalue weighted by molar-refractivity contribution is 6.06. The van der Waals surface area contributed by atoms with Crippen LogP contribution >= 0.6 is 0 Å². The van der Waals surface area contributed by atoms with Crippen molar-refractivity contribution < 1.29 is 23.8 Å².